The van der Waals surface area contributed by atoms with E-state index in [-0.39, 0.29) is 0 Å². The van der Waals surface area contributed by atoms with Gasteiger partial charge in [0.2, 0.25) is 11.9 Å². The van der Waals surface area contributed by atoms with Gasteiger partial charge in [-0.05, 0) is 37.1 Å². The van der Waals surface area contributed by atoms with Gasteiger partial charge < -0.3 is 14.8 Å². The van der Waals surface area contributed by atoms with Gasteiger partial charge in [0.05, 0.1) is 38.8 Å². The van der Waals surface area contributed by atoms with Crippen LogP contribution in [0, 0.1) is 6.92 Å². The first-order valence-corrected chi connectivity index (χ1v) is 9.88. The minimum atomic E-state index is 0.552. The maximum Gasteiger partial charge on any atom is 0.230 e. The van der Waals surface area contributed by atoms with Crippen molar-refractivity contribution in [3.8, 4) is 11.5 Å². The molecule has 1 aromatic heterocycles. The summed E-state index contributed by atoms with van der Waals surface area (Å²) in [4.78, 5) is 15.9. The second kappa shape index (κ2) is 8.96. The van der Waals surface area contributed by atoms with Crippen LogP contribution in [0.5, 0.6) is 11.5 Å². The average molecular weight is 406 g/mol. The Balaban J connectivity index is 1.34. The van der Waals surface area contributed by atoms with Crippen LogP contribution in [0.25, 0.3) is 10.9 Å². The predicted molar refractivity (Wildman–Crippen MR) is 118 cm³/mol. The van der Waals surface area contributed by atoms with Gasteiger partial charge >= 0.3 is 0 Å². The maximum atomic E-state index is 5.38. The maximum absolute atomic E-state index is 5.38. The second-order valence-corrected chi connectivity index (χ2v) is 7.09. The fourth-order valence-electron chi connectivity index (χ4n) is 3.42. The van der Waals surface area contributed by atoms with Crippen molar-refractivity contribution >= 4 is 22.8 Å². The Kier molecular flexibility index (Phi) is 5.94. The molecule has 1 aliphatic rings. The number of fused-ring (bicyclic) bond motifs is 1. The number of anilines is 1. The van der Waals surface area contributed by atoms with Crippen LogP contribution in [0.15, 0.2) is 47.5 Å². The lowest BCUT2D eigenvalue weighted by Crippen LogP contribution is -2.46. The van der Waals surface area contributed by atoms with E-state index in [9.17, 15) is 0 Å². The van der Waals surface area contributed by atoms with Crippen molar-refractivity contribution in [1.29, 1.82) is 0 Å². The van der Waals surface area contributed by atoms with E-state index in [1.54, 1.807) is 14.2 Å². The van der Waals surface area contributed by atoms with Crippen LogP contribution in [-0.4, -0.2) is 54.9 Å². The largest absolute Gasteiger partial charge is 0.493 e. The van der Waals surface area contributed by atoms with E-state index in [2.05, 4.69) is 36.6 Å². The Hall–Kier alpha value is -3.39. The number of aliphatic imine (C=N–C) groups is 1. The van der Waals surface area contributed by atoms with Crippen molar-refractivity contribution in [3.63, 3.8) is 0 Å². The third-order valence-electron chi connectivity index (χ3n) is 5.09. The second-order valence-electron chi connectivity index (χ2n) is 7.09. The highest BCUT2D eigenvalue weighted by molar-refractivity contribution is 5.93. The highest BCUT2D eigenvalue weighted by Gasteiger charge is 2.14. The SMILES string of the molecule is COc1ccc(CCN2CN=C(Nc3nc(C)c4ccccc4n3)NC2)cc1OC. The number of hydrogen-bond donors (Lipinski definition) is 2. The summed E-state index contributed by atoms with van der Waals surface area (Å²) >= 11 is 0. The Bertz CT molecular complexity index is 1070. The van der Waals surface area contributed by atoms with Crippen LogP contribution in [0.2, 0.25) is 0 Å². The molecule has 0 amide bonds. The zero-order chi connectivity index (χ0) is 20.9. The van der Waals surface area contributed by atoms with Gasteiger partial charge in [-0.25, -0.2) is 15.0 Å². The average Bonchev–Trinajstić information content (AvgIpc) is 2.78. The van der Waals surface area contributed by atoms with E-state index in [4.69, 9.17) is 9.47 Å². The van der Waals surface area contributed by atoms with Crippen LogP contribution < -0.4 is 20.1 Å². The van der Waals surface area contributed by atoms with Crippen LogP contribution in [0.3, 0.4) is 0 Å². The lowest BCUT2D eigenvalue weighted by Gasteiger charge is -2.26. The summed E-state index contributed by atoms with van der Waals surface area (Å²) in [6, 6.07) is 14.0. The number of hydrogen-bond acceptors (Lipinski definition) is 8. The number of rotatable bonds is 6. The van der Waals surface area contributed by atoms with E-state index >= 15 is 0 Å². The zero-order valence-corrected chi connectivity index (χ0v) is 17.5. The standard InChI is InChI=1S/C22H26N6O2/c1-15-17-6-4-5-7-18(17)26-22(25-15)27-21-23-13-28(14-24-21)11-10-16-8-9-19(29-2)20(12-16)30-3/h4-9,12H,10-11,13-14H2,1-3H3,(H2,23,24,25,26,27). The quantitative estimate of drug-likeness (QED) is 0.651. The molecule has 2 N–H and O–H groups in total. The van der Waals surface area contributed by atoms with E-state index in [0.29, 0.717) is 25.2 Å². The van der Waals surface area contributed by atoms with Crippen molar-refractivity contribution in [2.24, 2.45) is 4.99 Å². The van der Waals surface area contributed by atoms with Crippen LogP contribution >= 0.6 is 0 Å². The summed E-state index contributed by atoms with van der Waals surface area (Å²) in [6.45, 7) is 4.17. The normalized spacial score (nSPS) is 14.2. The fourth-order valence-corrected chi connectivity index (χ4v) is 3.42. The summed E-state index contributed by atoms with van der Waals surface area (Å²) in [7, 11) is 3.30. The van der Waals surface area contributed by atoms with Gasteiger partial charge in [0.15, 0.2) is 11.5 Å². The zero-order valence-electron chi connectivity index (χ0n) is 17.5. The monoisotopic (exact) mass is 406 g/mol. The summed E-state index contributed by atoms with van der Waals surface area (Å²) < 4.78 is 10.7. The molecule has 0 radical (unpaired) electrons. The van der Waals surface area contributed by atoms with E-state index in [0.717, 1.165) is 41.1 Å². The van der Waals surface area contributed by atoms with Gasteiger partial charge in [0.1, 0.15) is 0 Å². The Morgan fingerprint density at radius 3 is 2.67 bits per heavy atom. The molecule has 0 fully saturated rings. The first-order valence-electron chi connectivity index (χ1n) is 9.88. The van der Waals surface area contributed by atoms with Gasteiger partial charge in [-0.15, -0.1) is 0 Å². The Morgan fingerprint density at radius 2 is 1.90 bits per heavy atom. The minimum Gasteiger partial charge on any atom is -0.493 e. The molecule has 0 bridgehead atoms. The molecule has 0 spiro atoms. The molecule has 0 unspecified atom stereocenters. The number of guanidine groups is 1. The number of aromatic nitrogens is 2. The molecule has 8 nitrogen and oxygen atoms in total. The summed E-state index contributed by atoms with van der Waals surface area (Å²) in [5.74, 6) is 2.73. The molecule has 0 saturated carbocycles. The van der Waals surface area contributed by atoms with Crippen molar-refractivity contribution in [3.05, 3.63) is 53.7 Å². The van der Waals surface area contributed by atoms with Crippen LogP contribution in [-0.2, 0) is 6.42 Å². The van der Waals surface area contributed by atoms with Crippen molar-refractivity contribution in [1.82, 2.24) is 20.2 Å². The molecular weight excluding hydrogens is 380 g/mol. The molecular formula is C22H26N6O2. The van der Waals surface area contributed by atoms with Crippen molar-refractivity contribution in [2.75, 3.05) is 39.4 Å². The molecule has 156 valence electrons. The van der Waals surface area contributed by atoms with Crippen molar-refractivity contribution < 1.29 is 9.47 Å². The van der Waals surface area contributed by atoms with Crippen molar-refractivity contribution in [2.45, 2.75) is 13.3 Å². The predicted octanol–water partition coefficient (Wildman–Crippen LogP) is 2.79. The molecule has 2 heterocycles. The van der Waals surface area contributed by atoms with Gasteiger partial charge in [0, 0.05) is 11.9 Å². The number of ether oxygens (including phenoxy) is 2. The third-order valence-corrected chi connectivity index (χ3v) is 5.09. The lowest BCUT2D eigenvalue weighted by molar-refractivity contribution is 0.268. The fraction of sp³-hybridized carbons (Fsp3) is 0.318. The van der Waals surface area contributed by atoms with Gasteiger partial charge in [0.25, 0.3) is 0 Å². The van der Waals surface area contributed by atoms with E-state index < -0.39 is 0 Å². The number of methoxy groups -OCH3 is 2. The van der Waals surface area contributed by atoms with Crippen LogP contribution in [0.4, 0.5) is 5.95 Å². The first-order chi connectivity index (χ1) is 14.7. The van der Waals surface area contributed by atoms with E-state index in [1.165, 1.54) is 5.56 Å². The number of para-hydroxylation sites is 1. The highest BCUT2D eigenvalue weighted by Crippen LogP contribution is 2.27. The molecule has 0 saturated heterocycles. The molecule has 30 heavy (non-hydrogen) atoms. The van der Waals surface area contributed by atoms with Crippen LogP contribution in [0.1, 0.15) is 11.3 Å². The Labute approximate surface area is 176 Å². The molecule has 0 atom stereocenters. The third kappa shape index (κ3) is 4.44. The summed E-state index contributed by atoms with van der Waals surface area (Å²) in [5, 5.41) is 7.56. The first kappa shape index (κ1) is 19.9. The highest BCUT2D eigenvalue weighted by atomic mass is 16.5. The molecule has 8 heteroatoms. The number of aryl methyl sites for hydroxylation is 1. The molecule has 1 aliphatic heterocycles. The van der Waals surface area contributed by atoms with Gasteiger partial charge in [-0.2, -0.15) is 0 Å². The van der Waals surface area contributed by atoms with Gasteiger partial charge in [-0.3, -0.25) is 10.2 Å². The number of benzene rings is 2. The summed E-state index contributed by atoms with van der Waals surface area (Å²) in [5.41, 5.74) is 3.05. The smallest absolute Gasteiger partial charge is 0.230 e. The number of nitrogens with one attached hydrogen (secondary N) is 2. The summed E-state index contributed by atoms with van der Waals surface area (Å²) in [6.07, 6.45) is 0.896. The van der Waals surface area contributed by atoms with E-state index in [1.807, 2.05) is 43.3 Å². The Morgan fingerprint density at radius 1 is 1.07 bits per heavy atom. The minimum absolute atomic E-state index is 0.552. The molecule has 2 aromatic carbocycles. The molecule has 4 rings (SSSR count). The lowest BCUT2D eigenvalue weighted by atomic mass is 10.1. The van der Waals surface area contributed by atoms with Gasteiger partial charge in [-0.1, -0.05) is 24.3 Å². The number of nitrogens with zero attached hydrogens (tertiary/aromatic N) is 4. The topological polar surface area (TPSA) is 83.9 Å². The molecule has 0 aliphatic carbocycles. The molecule has 3 aromatic rings.